The molecule has 150 valence electrons. The Morgan fingerprint density at radius 2 is 1.77 bits per heavy atom. The highest BCUT2D eigenvalue weighted by Crippen LogP contribution is 2.87. The van der Waals surface area contributed by atoms with Gasteiger partial charge < -0.3 is 4.74 Å². The Hall–Kier alpha value is -2.36. The van der Waals surface area contributed by atoms with Gasteiger partial charge in [-0.05, 0) is 47.2 Å². The molecular weight excluding hydrogens is 417 g/mol. The van der Waals surface area contributed by atoms with E-state index in [-0.39, 0.29) is 29.3 Å². The summed E-state index contributed by atoms with van der Waals surface area (Å²) in [6.07, 6.45) is 2.57. The average Bonchev–Trinajstić information content (AvgIpc) is 3.37. The predicted molar refractivity (Wildman–Crippen MR) is 117 cm³/mol. The van der Waals surface area contributed by atoms with E-state index >= 15 is 0 Å². The van der Waals surface area contributed by atoms with E-state index in [0.717, 1.165) is 23.2 Å². The van der Waals surface area contributed by atoms with Gasteiger partial charge in [-0.1, -0.05) is 48.5 Å². The highest BCUT2D eigenvalue weighted by Gasteiger charge is 2.87. The van der Waals surface area contributed by atoms with E-state index in [2.05, 4.69) is 11.1 Å². The number of fused-ring (bicyclic) bond motifs is 3. The first kappa shape index (κ1) is 18.4. The Balaban J connectivity index is 1.17. The predicted octanol–water partition coefficient (Wildman–Crippen LogP) is 5.78. The normalized spacial score (nSPS) is 32.4. The molecule has 3 aromatic rings. The van der Waals surface area contributed by atoms with Crippen LogP contribution in [-0.2, 0) is 4.74 Å². The van der Waals surface area contributed by atoms with Gasteiger partial charge in [0.25, 0.3) is 0 Å². The van der Waals surface area contributed by atoms with Gasteiger partial charge in [-0.25, -0.2) is 4.79 Å². The summed E-state index contributed by atoms with van der Waals surface area (Å²) in [4.78, 5) is 16.6. The van der Waals surface area contributed by atoms with Crippen LogP contribution in [0.15, 0.2) is 72.9 Å². The summed E-state index contributed by atoms with van der Waals surface area (Å²) >= 11 is 13.7. The number of esters is 1. The van der Waals surface area contributed by atoms with Gasteiger partial charge in [0.05, 0.1) is 15.8 Å². The standard InChI is InChI=1S/C25H19Cl2NO2/c26-22-20-21-18(7-4-12-28-21)19-13-24(27,25(19,20)22)14-30-23(29)17-10-8-16(9-11-17)15-5-2-1-3-6-15/h1-12,19-20,22H,13-14H2/t19-,20+,22-,24-,25-/m1/s1. The van der Waals surface area contributed by atoms with Crippen LogP contribution in [0.3, 0.4) is 0 Å². The van der Waals surface area contributed by atoms with Gasteiger partial charge in [-0.2, -0.15) is 0 Å². The summed E-state index contributed by atoms with van der Waals surface area (Å²) in [7, 11) is 0. The lowest BCUT2D eigenvalue weighted by atomic mass is 9.60. The Kier molecular flexibility index (Phi) is 3.88. The average molecular weight is 436 g/mol. The van der Waals surface area contributed by atoms with Gasteiger partial charge >= 0.3 is 5.97 Å². The number of carbonyl (C=O) groups is 1. The largest absolute Gasteiger partial charge is 0.460 e. The van der Waals surface area contributed by atoms with Crippen LogP contribution in [0.25, 0.3) is 11.1 Å². The van der Waals surface area contributed by atoms with E-state index in [1.807, 2.05) is 54.7 Å². The van der Waals surface area contributed by atoms with Crippen LogP contribution in [-0.4, -0.2) is 27.8 Å². The summed E-state index contributed by atoms with van der Waals surface area (Å²) in [5.41, 5.74) is 4.80. The second-order valence-electron chi connectivity index (χ2n) is 8.53. The Morgan fingerprint density at radius 1 is 1.03 bits per heavy atom. The molecule has 0 amide bonds. The summed E-state index contributed by atoms with van der Waals surface area (Å²) in [5.74, 6) is 0.122. The minimum absolute atomic E-state index is 0.0417. The monoisotopic (exact) mass is 435 g/mol. The number of carbonyl (C=O) groups excluding carboxylic acids is 1. The molecule has 1 spiro atoms. The van der Waals surface area contributed by atoms with Gasteiger partial charge in [0.1, 0.15) is 6.61 Å². The maximum Gasteiger partial charge on any atom is 0.338 e. The smallest absolute Gasteiger partial charge is 0.338 e. The molecule has 1 heterocycles. The van der Waals surface area contributed by atoms with Crippen molar-refractivity contribution in [2.75, 3.05) is 6.61 Å². The lowest BCUT2D eigenvalue weighted by Gasteiger charge is -2.51. The number of hydrogen-bond acceptors (Lipinski definition) is 3. The third kappa shape index (κ3) is 2.28. The van der Waals surface area contributed by atoms with Crippen LogP contribution in [0.4, 0.5) is 0 Å². The van der Waals surface area contributed by atoms with Crippen LogP contribution in [0.1, 0.15) is 39.9 Å². The summed E-state index contributed by atoms with van der Waals surface area (Å²) in [6.45, 7) is 0.165. The number of ether oxygens (including phenoxy) is 1. The molecule has 0 aliphatic heterocycles. The molecule has 3 aliphatic carbocycles. The van der Waals surface area contributed by atoms with Crippen LogP contribution in [0.5, 0.6) is 0 Å². The van der Waals surface area contributed by atoms with Crippen LogP contribution >= 0.6 is 23.2 Å². The Labute approximate surface area is 185 Å². The first-order chi connectivity index (χ1) is 14.6. The van der Waals surface area contributed by atoms with Crippen LogP contribution in [0.2, 0.25) is 0 Å². The summed E-state index contributed by atoms with van der Waals surface area (Å²) in [5, 5.41) is -0.0417. The number of aromatic nitrogens is 1. The molecule has 2 aromatic carbocycles. The molecule has 2 fully saturated rings. The zero-order chi connectivity index (χ0) is 20.5. The maximum absolute atomic E-state index is 12.7. The quantitative estimate of drug-likeness (QED) is 0.385. The molecule has 3 nitrogen and oxygen atoms in total. The van der Waals surface area contributed by atoms with E-state index in [1.54, 1.807) is 12.1 Å². The van der Waals surface area contributed by atoms with Gasteiger partial charge in [0, 0.05) is 23.2 Å². The first-order valence-electron chi connectivity index (χ1n) is 10.2. The topological polar surface area (TPSA) is 39.2 Å². The molecule has 2 saturated carbocycles. The number of benzene rings is 2. The highest BCUT2D eigenvalue weighted by atomic mass is 35.5. The SMILES string of the molecule is O=C(OC[C@]1(Cl)C[C@@H]2c3cccnc3[C@H]3[C@@H](Cl)[C@@]231)c1ccc(-c2ccccc2)cc1. The Bertz CT molecular complexity index is 1150. The number of alkyl halides is 2. The van der Waals surface area contributed by atoms with E-state index < -0.39 is 4.87 Å². The maximum atomic E-state index is 12.7. The fourth-order valence-corrected chi connectivity index (χ4v) is 7.12. The lowest BCUT2D eigenvalue weighted by Crippen LogP contribution is -2.54. The zero-order valence-electron chi connectivity index (χ0n) is 16.1. The van der Waals surface area contributed by atoms with E-state index in [9.17, 15) is 4.79 Å². The second-order valence-corrected chi connectivity index (χ2v) is 9.73. The number of halogens is 2. The van der Waals surface area contributed by atoms with Gasteiger partial charge in [-0.3, -0.25) is 4.98 Å². The van der Waals surface area contributed by atoms with E-state index in [0.29, 0.717) is 11.5 Å². The number of nitrogens with zero attached hydrogens (tertiary/aromatic N) is 1. The second kappa shape index (κ2) is 6.32. The summed E-state index contributed by atoms with van der Waals surface area (Å²) in [6, 6.07) is 21.6. The van der Waals surface area contributed by atoms with Crippen molar-refractivity contribution >= 4 is 29.2 Å². The van der Waals surface area contributed by atoms with Crippen molar-refractivity contribution in [2.24, 2.45) is 5.41 Å². The van der Waals surface area contributed by atoms with Crippen molar-refractivity contribution < 1.29 is 9.53 Å². The number of pyridine rings is 1. The minimum atomic E-state index is -0.630. The first-order valence-corrected chi connectivity index (χ1v) is 11.0. The lowest BCUT2D eigenvalue weighted by molar-refractivity contribution is 0.0204. The molecule has 0 saturated heterocycles. The molecule has 1 aromatic heterocycles. The molecular formula is C25H19Cl2NO2. The van der Waals surface area contributed by atoms with Crippen molar-refractivity contribution in [1.29, 1.82) is 0 Å². The van der Waals surface area contributed by atoms with Crippen molar-refractivity contribution in [3.8, 4) is 11.1 Å². The van der Waals surface area contributed by atoms with E-state index in [4.69, 9.17) is 27.9 Å². The van der Waals surface area contributed by atoms with Crippen molar-refractivity contribution in [1.82, 2.24) is 4.98 Å². The van der Waals surface area contributed by atoms with Gasteiger partial charge in [-0.15, -0.1) is 23.2 Å². The third-order valence-corrected chi connectivity index (χ3v) is 8.44. The molecule has 5 atom stereocenters. The molecule has 0 radical (unpaired) electrons. The third-order valence-electron chi connectivity index (χ3n) is 7.24. The number of hydrogen-bond donors (Lipinski definition) is 0. The van der Waals surface area contributed by atoms with E-state index in [1.165, 1.54) is 5.56 Å². The zero-order valence-corrected chi connectivity index (χ0v) is 17.6. The molecule has 0 unspecified atom stereocenters. The van der Waals surface area contributed by atoms with Gasteiger partial charge in [0.2, 0.25) is 0 Å². The van der Waals surface area contributed by atoms with Crippen molar-refractivity contribution in [2.45, 2.75) is 28.5 Å². The minimum Gasteiger partial charge on any atom is -0.460 e. The molecule has 3 aliphatic rings. The molecule has 6 rings (SSSR count). The highest BCUT2D eigenvalue weighted by molar-refractivity contribution is 6.31. The molecule has 0 N–H and O–H groups in total. The van der Waals surface area contributed by atoms with Gasteiger partial charge in [0.15, 0.2) is 0 Å². The van der Waals surface area contributed by atoms with Crippen LogP contribution in [0, 0.1) is 5.41 Å². The number of rotatable bonds is 4. The molecule has 30 heavy (non-hydrogen) atoms. The van der Waals surface area contributed by atoms with Crippen LogP contribution < -0.4 is 0 Å². The van der Waals surface area contributed by atoms with Crippen molar-refractivity contribution in [3.63, 3.8) is 0 Å². The van der Waals surface area contributed by atoms with Crippen molar-refractivity contribution in [3.05, 3.63) is 89.7 Å². The summed E-state index contributed by atoms with van der Waals surface area (Å²) < 4.78 is 5.68. The molecule has 5 heteroatoms. The Morgan fingerprint density at radius 3 is 2.53 bits per heavy atom. The molecule has 0 bridgehead atoms. The fourth-order valence-electron chi connectivity index (χ4n) is 5.74. The fraction of sp³-hybridized carbons (Fsp3) is 0.280.